The van der Waals surface area contributed by atoms with Crippen LogP contribution in [0, 0.1) is 0 Å². The van der Waals surface area contributed by atoms with Crippen LogP contribution in [-0.4, -0.2) is 56.4 Å². The van der Waals surface area contributed by atoms with Crippen molar-refractivity contribution in [3.63, 3.8) is 0 Å². The van der Waals surface area contributed by atoms with Crippen molar-refractivity contribution in [3.8, 4) is 5.75 Å². The van der Waals surface area contributed by atoms with Crippen molar-refractivity contribution in [1.29, 1.82) is 0 Å². The molecule has 18 heavy (non-hydrogen) atoms. The number of rotatable bonds is 4. The highest BCUT2D eigenvalue weighted by atomic mass is 16.5. The maximum atomic E-state index is 9.10. The lowest BCUT2D eigenvalue weighted by atomic mass is 10.1. The maximum absolute atomic E-state index is 9.10. The van der Waals surface area contributed by atoms with E-state index in [1.807, 2.05) is 12.1 Å². The molecule has 4 nitrogen and oxygen atoms in total. The van der Waals surface area contributed by atoms with Gasteiger partial charge in [-0.1, -0.05) is 0 Å². The fraction of sp³-hybridized carbons (Fsp3) is 0.571. The molecule has 0 aliphatic carbocycles. The fourth-order valence-corrected chi connectivity index (χ4v) is 2.43. The van der Waals surface area contributed by atoms with Gasteiger partial charge in [-0.15, -0.1) is 0 Å². The Hall–Kier alpha value is -1.26. The largest absolute Gasteiger partial charge is 0.497 e. The standard InChI is InChI=1S/C14H22N2O2/c1-15-8-9-16(11-13(15)7-10-17)12-3-5-14(18-2)6-4-12/h3-6,13,17H,7-11H2,1-2H3. The van der Waals surface area contributed by atoms with Crippen molar-refractivity contribution in [2.24, 2.45) is 0 Å². The van der Waals surface area contributed by atoms with Gasteiger partial charge in [-0.2, -0.15) is 0 Å². The number of hydrogen-bond donors (Lipinski definition) is 1. The Kier molecular flexibility index (Phi) is 4.44. The minimum absolute atomic E-state index is 0.255. The smallest absolute Gasteiger partial charge is 0.119 e. The molecular formula is C14H22N2O2. The first-order chi connectivity index (χ1) is 8.74. The zero-order chi connectivity index (χ0) is 13.0. The molecule has 1 aliphatic rings. The van der Waals surface area contributed by atoms with Gasteiger partial charge in [0.15, 0.2) is 0 Å². The van der Waals surface area contributed by atoms with E-state index in [1.54, 1.807) is 7.11 Å². The van der Waals surface area contributed by atoms with Crippen molar-refractivity contribution in [2.75, 3.05) is 45.3 Å². The first-order valence-corrected chi connectivity index (χ1v) is 6.44. The Morgan fingerprint density at radius 1 is 1.28 bits per heavy atom. The molecule has 1 aromatic carbocycles. The molecule has 1 aromatic rings. The summed E-state index contributed by atoms with van der Waals surface area (Å²) in [5.41, 5.74) is 1.23. The number of aliphatic hydroxyl groups excluding tert-OH is 1. The van der Waals surface area contributed by atoms with Gasteiger partial charge in [0.05, 0.1) is 7.11 Å². The number of methoxy groups -OCH3 is 1. The van der Waals surface area contributed by atoms with Crippen LogP contribution in [0.15, 0.2) is 24.3 Å². The van der Waals surface area contributed by atoms with Crippen molar-refractivity contribution in [3.05, 3.63) is 24.3 Å². The van der Waals surface area contributed by atoms with Crippen molar-refractivity contribution in [1.82, 2.24) is 4.90 Å². The SMILES string of the molecule is COc1ccc(N2CCN(C)C(CCO)C2)cc1. The predicted octanol–water partition coefficient (Wildman–Crippen LogP) is 1.20. The zero-order valence-electron chi connectivity index (χ0n) is 11.2. The molecular weight excluding hydrogens is 228 g/mol. The molecule has 1 aliphatic heterocycles. The Labute approximate surface area is 109 Å². The lowest BCUT2D eigenvalue weighted by Crippen LogP contribution is -2.51. The second kappa shape index (κ2) is 6.07. The van der Waals surface area contributed by atoms with Crippen LogP contribution in [0.1, 0.15) is 6.42 Å². The lowest BCUT2D eigenvalue weighted by molar-refractivity contribution is 0.171. The third-order valence-electron chi connectivity index (χ3n) is 3.68. The summed E-state index contributed by atoms with van der Waals surface area (Å²) < 4.78 is 5.17. The topological polar surface area (TPSA) is 35.9 Å². The molecule has 0 amide bonds. The fourth-order valence-electron chi connectivity index (χ4n) is 2.43. The van der Waals surface area contributed by atoms with Gasteiger partial charge in [-0.05, 0) is 37.7 Å². The van der Waals surface area contributed by atoms with Crippen LogP contribution in [0.3, 0.4) is 0 Å². The van der Waals surface area contributed by atoms with Crippen LogP contribution in [-0.2, 0) is 0 Å². The van der Waals surface area contributed by atoms with Gasteiger partial charge in [0.1, 0.15) is 5.75 Å². The first-order valence-electron chi connectivity index (χ1n) is 6.44. The van der Waals surface area contributed by atoms with Crippen LogP contribution in [0.4, 0.5) is 5.69 Å². The molecule has 2 rings (SSSR count). The van der Waals surface area contributed by atoms with Crippen molar-refractivity contribution in [2.45, 2.75) is 12.5 Å². The number of ether oxygens (including phenoxy) is 1. The van der Waals surface area contributed by atoms with Crippen LogP contribution in [0.25, 0.3) is 0 Å². The van der Waals surface area contributed by atoms with Gasteiger partial charge in [0.2, 0.25) is 0 Å². The Bertz CT molecular complexity index is 367. The molecule has 0 bridgehead atoms. The summed E-state index contributed by atoms with van der Waals surface area (Å²) in [6.07, 6.45) is 0.836. The van der Waals surface area contributed by atoms with E-state index >= 15 is 0 Å². The van der Waals surface area contributed by atoms with E-state index in [9.17, 15) is 0 Å². The van der Waals surface area contributed by atoms with Gasteiger partial charge < -0.3 is 14.7 Å². The third kappa shape index (κ3) is 2.94. The highest BCUT2D eigenvalue weighted by molar-refractivity contribution is 5.49. The molecule has 1 atom stereocenters. The number of aliphatic hydroxyl groups is 1. The van der Waals surface area contributed by atoms with E-state index in [2.05, 4.69) is 29.0 Å². The molecule has 4 heteroatoms. The minimum atomic E-state index is 0.255. The minimum Gasteiger partial charge on any atom is -0.497 e. The van der Waals surface area contributed by atoms with Crippen LogP contribution < -0.4 is 9.64 Å². The Morgan fingerprint density at radius 2 is 2.00 bits per heavy atom. The number of nitrogens with zero attached hydrogens (tertiary/aromatic N) is 2. The number of likely N-dealkylation sites (N-methyl/N-ethyl adjacent to an activating group) is 1. The maximum Gasteiger partial charge on any atom is 0.119 e. The summed E-state index contributed by atoms with van der Waals surface area (Å²) in [6.45, 7) is 3.30. The van der Waals surface area contributed by atoms with Gasteiger partial charge >= 0.3 is 0 Å². The van der Waals surface area contributed by atoms with Crippen LogP contribution in [0.5, 0.6) is 5.75 Å². The van der Waals surface area contributed by atoms with Crippen LogP contribution in [0.2, 0.25) is 0 Å². The summed E-state index contributed by atoms with van der Waals surface area (Å²) in [4.78, 5) is 4.70. The molecule has 1 heterocycles. The molecule has 1 saturated heterocycles. The van der Waals surface area contributed by atoms with E-state index in [0.29, 0.717) is 6.04 Å². The van der Waals surface area contributed by atoms with E-state index in [4.69, 9.17) is 9.84 Å². The van der Waals surface area contributed by atoms with Crippen molar-refractivity contribution < 1.29 is 9.84 Å². The molecule has 1 unspecified atom stereocenters. The van der Waals surface area contributed by atoms with E-state index in [0.717, 1.165) is 31.8 Å². The highest BCUT2D eigenvalue weighted by Gasteiger charge is 2.23. The van der Waals surface area contributed by atoms with Crippen LogP contribution >= 0.6 is 0 Å². The molecule has 0 spiro atoms. The average molecular weight is 250 g/mol. The molecule has 1 N–H and O–H groups in total. The highest BCUT2D eigenvalue weighted by Crippen LogP contribution is 2.22. The second-order valence-electron chi connectivity index (χ2n) is 4.79. The van der Waals surface area contributed by atoms with E-state index in [-0.39, 0.29) is 6.61 Å². The normalized spacial score (nSPS) is 21.1. The lowest BCUT2D eigenvalue weighted by Gasteiger charge is -2.40. The first kappa shape index (κ1) is 13.2. The Morgan fingerprint density at radius 3 is 2.61 bits per heavy atom. The summed E-state index contributed by atoms with van der Waals surface area (Å²) in [5, 5.41) is 9.10. The summed E-state index contributed by atoms with van der Waals surface area (Å²) in [6, 6.07) is 8.62. The number of hydrogen-bond acceptors (Lipinski definition) is 4. The van der Waals surface area contributed by atoms with Gasteiger partial charge in [-0.25, -0.2) is 0 Å². The summed E-state index contributed by atoms with van der Waals surface area (Å²) >= 11 is 0. The quantitative estimate of drug-likeness (QED) is 0.871. The predicted molar refractivity (Wildman–Crippen MR) is 73.3 cm³/mol. The second-order valence-corrected chi connectivity index (χ2v) is 4.79. The third-order valence-corrected chi connectivity index (χ3v) is 3.68. The number of piperazine rings is 1. The number of anilines is 1. The number of benzene rings is 1. The van der Waals surface area contributed by atoms with E-state index < -0.39 is 0 Å². The van der Waals surface area contributed by atoms with Gasteiger partial charge in [0, 0.05) is 38.0 Å². The molecule has 0 aromatic heterocycles. The molecule has 0 radical (unpaired) electrons. The Balaban J connectivity index is 2.03. The summed E-state index contributed by atoms with van der Waals surface area (Å²) in [7, 11) is 3.81. The van der Waals surface area contributed by atoms with E-state index in [1.165, 1.54) is 5.69 Å². The van der Waals surface area contributed by atoms with Gasteiger partial charge in [0.25, 0.3) is 0 Å². The summed E-state index contributed by atoms with van der Waals surface area (Å²) in [5.74, 6) is 0.889. The average Bonchev–Trinajstić information content (AvgIpc) is 2.42. The zero-order valence-corrected chi connectivity index (χ0v) is 11.2. The monoisotopic (exact) mass is 250 g/mol. The molecule has 100 valence electrons. The molecule has 0 saturated carbocycles. The molecule has 1 fully saturated rings. The van der Waals surface area contributed by atoms with Gasteiger partial charge in [-0.3, -0.25) is 4.90 Å². The van der Waals surface area contributed by atoms with Crippen molar-refractivity contribution >= 4 is 5.69 Å².